The maximum Gasteiger partial charge on any atom is 0.265 e. The Morgan fingerprint density at radius 1 is 1.30 bits per heavy atom. The highest BCUT2D eigenvalue weighted by molar-refractivity contribution is 5.97. The summed E-state index contributed by atoms with van der Waals surface area (Å²) in [5, 5.41) is 1.92. The lowest BCUT2D eigenvalue weighted by atomic mass is 9.90. The van der Waals surface area contributed by atoms with Crippen molar-refractivity contribution in [2.45, 2.75) is 25.5 Å². The molecule has 0 spiro atoms. The van der Waals surface area contributed by atoms with Crippen LogP contribution >= 0.6 is 0 Å². The van der Waals surface area contributed by atoms with Gasteiger partial charge in [0, 0.05) is 19.2 Å². The van der Waals surface area contributed by atoms with Gasteiger partial charge in [0.25, 0.3) is 5.91 Å². The van der Waals surface area contributed by atoms with Crippen molar-refractivity contribution >= 4 is 16.9 Å². The van der Waals surface area contributed by atoms with Gasteiger partial charge >= 0.3 is 0 Å². The Morgan fingerprint density at radius 2 is 2.15 bits per heavy atom. The van der Waals surface area contributed by atoms with Crippen molar-refractivity contribution in [2.24, 2.45) is 5.92 Å². The molecular weight excluding hydrogens is 340 g/mol. The van der Waals surface area contributed by atoms with Crippen LogP contribution in [0.5, 0.6) is 0 Å². The molecule has 0 aliphatic carbocycles. The second kappa shape index (κ2) is 7.90. The first kappa shape index (κ1) is 17.7. The number of carbonyl (C=O) groups is 1. The van der Waals surface area contributed by atoms with Crippen LogP contribution < -0.4 is 5.43 Å². The van der Waals surface area contributed by atoms with Gasteiger partial charge in [-0.25, -0.2) is 4.98 Å². The Kier molecular flexibility index (Phi) is 5.18. The van der Waals surface area contributed by atoms with E-state index < -0.39 is 0 Å². The number of methoxy groups -OCH3 is 1. The molecule has 1 aliphatic rings. The number of fused-ring (bicyclic) bond motifs is 1. The Hall–Kier alpha value is -2.70. The predicted octanol–water partition coefficient (Wildman–Crippen LogP) is 3.13. The molecule has 0 bridgehead atoms. The standard InChI is InChI=1S/C21H24N4O2/c1-27-20-12-16(11-15-5-3-2-4-6-15)9-10-25(20)24-21(26)17-7-8-18-19(13-17)23-14-22-18/h2-8,13-14,16,20H,9-12H2,1H3,(H,22,23)(H,24,26). The third-order valence-electron chi connectivity index (χ3n) is 5.23. The lowest BCUT2D eigenvalue weighted by Gasteiger charge is -2.38. The van der Waals surface area contributed by atoms with Crippen LogP contribution in [0.15, 0.2) is 54.9 Å². The molecule has 6 heteroatoms. The molecule has 1 aliphatic heterocycles. The van der Waals surface area contributed by atoms with E-state index in [0.29, 0.717) is 11.5 Å². The average molecular weight is 364 g/mol. The van der Waals surface area contributed by atoms with Crippen molar-refractivity contribution in [3.8, 4) is 0 Å². The SMILES string of the molecule is COC1CC(Cc2ccccc2)CCN1NC(=O)c1ccc2nc[nH]c2c1. The third kappa shape index (κ3) is 4.02. The van der Waals surface area contributed by atoms with E-state index in [2.05, 4.69) is 39.7 Å². The lowest BCUT2D eigenvalue weighted by Crippen LogP contribution is -2.53. The van der Waals surface area contributed by atoms with E-state index in [4.69, 9.17) is 4.74 Å². The molecule has 1 amide bonds. The number of piperidine rings is 1. The topological polar surface area (TPSA) is 70.2 Å². The summed E-state index contributed by atoms with van der Waals surface area (Å²) in [5.74, 6) is 0.418. The van der Waals surface area contributed by atoms with Gasteiger partial charge in [0.15, 0.2) is 0 Å². The fraction of sp³-hybridized carbons (Fsp3) is 0.333. The first-order valence-electron chi connectivity index (χ1n) is 9.30. The third-order valence-corrected chi connectivity index (χ3v) is 5.23. The number of rotatable bonds is 5. The normalized spacial score (nSPS) is 20.6. The van der Waals surface area contributed by atoms with Gasteiger partial charge in [0.05, 0.1) is 17.4 Å². The van der Waals surface area contributed by atoms with E-state index in [0.717, 1.165) is 36.8 Å². The van der Waals surface area contributed by atoms with Gasteiger partial charge in [-0.2, -0.15) is 5.01 Å². The van der Waals surface area contributed by atoms with Crippen LogP contribution in [0.3, 0.4) is 0 Å². The van der Waals surface area contributed by atoms with E-state index in [-0.39, 0.29) is 12.1 Å². The van der Waals surface area contributed by atoms with E-state index in [1.165, 1.54) is 5.56 Å². The summed E-state index contributed by atoms with van der Waals surface area (Å²) in [7, 11) is 1.70. The second-order valence-electron chi connectivity index (χ2n) is 7.04. The summed E-state index contributed by atoms with van der Waals surface area (Å²) < 4.78 is 5.66. The number of amides is 1. The highest BCUT2D eigenvalue weighted by Crippen LogP contribution is 2.25. The lowest BCUT2D eigenvalue weighted by molar-refractivity contribution is -0.0908. The molecule has 1 fully saturated rings. The van der Waals surface area contributed by atoms with Gasteiger partial charge in [0.2, 0.25) is 0 Å². The molecule has 0 saturated carbocycles. The number of hydrogen-bond acceptors (Lipinski definition) is 4. The molecule has 2 aromatic carbocycles. The Labute approximate surface area is 158 Å². The molecular formula is C21H24N4O2. The first-order valence-corrected chi connectivity index (χ1v) is 9.30. The number of benzene rings is 2. The number of ether oxygens (including phenoxy) is 1. The molecule has 3 aromatic rings. The zero-order chi connectivity index (χ0) is 18.6. The van der Waals surface area contributed by atoms with Crippen molar-refractivity contribution in [2.75, 3.05) is 13.7 Å². The smallest absolute Gasteiger partial charge is 0.265 e. The molecule has 0 radical (unpaired) electrons. The van der Waals surface area contributed by atoms with Crippen LogP contribution in [0, 0.1) is 5.92 Å². The quantitative estimate of drug-likeness (QED) is 0.730. The molecule has 1 saturated heterocycles. The number of aromatic nitrogens is 2. The number of nitrogens with zero attached hydrogens (tertiary/aromatic N) is 2. The van der Waals surface area contributed by atoms with E-state index >= 15 is 0 Å². The highest BCUT2D eigenvalue weighted by Gasteiger charge is 2.29. The molecule has 140 valence electrons. The summed E-state index contributed by atoms with van der Waals surface area (Å²) in [4.78, 5) is 19.9. The van der Waals surface area contributed by atoms with Crippen LogP contribution in [0.1, 0.15) is 28.8 Å². The highest BCUT2D eigenvalue weighted by atomic mass is 16.5. The van der Waals surface area contributed by atoms with E-state index in [9.17, 15) is 4.79 Å². The van der Waals surface area contributed by atoms with Gasteiger partial charge in [-0.1, -0.05) is 30.3 Å². The Balaban J connectivity index is 1.39. The largest absolute Gasteiger partial charge is 0.365 e. The first-order chi connectivity index (χ1) is 13.2. The van der Waals surface area contributed by atoms with Crippen LogP contribution in [0.25, 0.3) is 11.0 Å². The van der Waals surface area contributed by atoms with Gasteiger partial charge < -0.3 is 9.72 Å². The number of hydrazine groups is 1. The summed E-state index contributed by atoms with van der Waals surface area (Å²) in [6.07, 6.45) is 4.47. The van der Waals surface area contributed by atoms with Crippen molar-refractivity contribution in [1.82, 2.24) is 20.4 Å². The van der Waals surface area contributed by atoms with Crippen molar-refractivity contribution in [3.63, 3.8) is 0 Å². The van der Waals surface area contributed by atoms with E-state index in [1.54, 1.807) is 19.5 Å². The number of nitrogens with one attached hydrogen (secondary N) is 2. The minimum Gasteiger partial charge on any atom is -0.365 e. The maximum absolute atomic E-state index is 12.7. The minimum atomic E-state index is -0.130. The monoisotopic (exact) mass is 364 g/mol. The molecule has 1 aromatic heterocycles. The number of carbonyl (C=O) groups excluding carboxylic acids is 1. The molecule has 27 heavy (non-hydrogen) atoms. The number of H-pyrrole nitrogens is 1. The van der Waals surface area contributed by atoms with Gasteiger partial charge in [-0.15, -0.1) is 0 Å². The maximum atomic E-state index is 12.7. The van der Waals surface area contributed by atoms with Crippen LogP contribution in [0.4, 0.5) is 0 Å². The molecule has 4 rings (SSSR count). The number of imidazole rings is 1. The fourth-order valence-electron chi connectivity index (χ4n) is 3.75. The summed E-state index contributed by atoms with van der Waals surface area (Å²) >= 11 is 0. The molecule has 2 heterocycles. The van der Waals surface area contributed by atoms with Crippen molar-refractivity contribution in [3.05, 3.63) is 66.0 Å². The Morgan fingerprint density at radius 3 is 2.96 bits per heavy atom. The number of aromatic amines is 1. The summed E-state index contributed by atoms with van der Waals surface area (Å²) in [6.45, 7) is 0.772. The molecule has 2 atom stereocenters. The van der Waals surface area contributed by atoms with Crippen LogP contribution in [0.2, 0.25) is 0 Å². The average Bonchev–Trinajstić information content (AvgIpc) is 3.17. The predicted molar refractivity (Wildman–Crippen MR) is 104 cm³/mol. The van der Waals surface area contributed by atoms with Gasteiger partial charge in [0.1, 0.15) is 6.23 Å². The molecule has 6 nitrogen and oxygen atoms in total. The van der Waals surface area contributed by atoms with Crippen LogP contribution in [-0.4, -0.2) is 40.8 Å². The number of hydrogen-bond donors (Lipinski definition) is 2. The summed E-state index contributed by atoms with van der Waals surface area (Å²) in [6, 6.07) is 16.0. The van der Waals surface area contributed by atoms with Crippen molar-refractivity contribution < 1.29 is 9.53 Å². The van der Waals surface area contributed by atoms with Gasteiger partial charge in [-0.3, -0.25) is 10.2 Å². The fourth-order valence-corrected chi connectivity index (χ4v) is 3.75. The summed E-state index contributed by atoms with van der Waals surface area (Å²) in [5.41, 5.74) is 6.67. The zero-order valence-corrected chi connectivity index (χ0v) is 15.4. The van der Waals surface area contributed by atoms with Gasteiger partial charge in [-0.05, 0) is 48.9 Å². The van der Waals surface area contributed by atoms with Crippen molar-refractivity contribution in [1.29, 1.82) is 0 Å². The Bertz CT molecular complexity index is 909. The minimum absolute atomic E-state index is 0.118. The zero-order valence-electron chi connectivity index (χ0n) is 15.4. The van der Waals surface area contributed by atoms with E-state index in [1.807, 2.05) is 23.2 Å². The molecule has 2 unspecified atom stereocenters. The van der Waals surface area contributed by atoms with Crippen LogP contribution in [-0.2, 0) is 11.2 Å². The second-order valence-corrected chi connectivity index (χ2v) is 7.04. The molecule has 2 N–H and O–H groups in total.